The Bertz CT molecular complexity index is 1260. The molecular weight excluding hydrogens is 456 g/mol. The molecule has 0 radical (unpaired) electrons. The minimum absolute atomic E-state index is 0.0293. The van der Waals surface area contributed by atoms with Crippen molar-refractivity contribution in [2.45, 2.75) is 52.6 Å². The lowest BCUT2D eigenvalue weighted by atomic mass is 10.0. The highest BCUT2D eigenvalue weighted by atomic mass is 16.2. The zero-order valence-electron chi connectivity index (χ0n) is 21.0. The van der Waals surface area contributed by atoms with Crippen molar-refractivity contribution in [3.8, 4) is 11.1 Å². The largest absolute Gasteiger partial charge is 0.513 e. The number of likely N-dealkylation sites (tertiary alicyclic amines) is 1. The first-order valence-electron chi connectivity index (χ1n) is 12.2. The van der Waals surface area contributed by atoms with Gasteiger partial charge in [-0.25, -0.2) is 4.68 Å². The van der Waals surface area contributed by atoms with E-state index in [2.05, 4.69) is 20.6 Å². The van der Waals surface area contributed by atoms with Gasteiger partial charge in [-0.15, -0.1) is 5.10 Å². The van der Waals surface area contributed by atoms with Gasteiger partial charge < -0.3 is 15.3 Å². The molecule has 4 rings (SSSR count). The Morgan fingerprint density at radius 3 is 2.53 bits per heavy atom. The molecule has 1 aliphatic rings. The maximum atomic E-state index is 13.5. The lowest BCUT2D eigenvalue weighted by Crippen LogP contribution is -2.48. The van der Waals surface area contributed by atoms with Gasteiger partial charge in [0.05, 0.1) is 11.4 Å². The molecule has 2 aromatic heterocycles. The van der Waals surface area contributed by atoms with Crippen molar-refractivity contribution in [2.24, 2.45) is 5.92 Å². The molecule has 188 valence electrons. The van der Waals surface area contributed by atoms with Gasteiger partial charge in [0.1, 0.15) is 18.3 Å². The Morgan fingerprint density at radius 1 is 1.17 bits per heavy atom. The summed E-state index contributed by atoms with van der Waals surface area (Å²) in [4.78, 5) is 32.6. The summed E-state index contributed by atoms with van der Waals surface area (Å²) in [7, 11) is 0. The van der Waals surface area contributed by atoms with Gasteiger partial charge in [0.2, 0.25) is 11.8 Å². The Labute approximate surface area is 210 Å². The standard InChI is InChI=1S/C27H32N6O3/c1-17(2)25(33-15-19(4)30-31-33)27(36)32-13-5-6-24(32)26(35)29-23(16-34)21-9-7-20(8-10-21)22-11-12-28-14-18(22)3/h7-12,14-17,24-25,34H,5-6,13H2,1-4H3,(H,29,35)/b23-16+/t24-,25-/m0/s1. The Balaban J connectivity index is 1.49. The lowest BCUT2D eigenvalue weighted by Gasteiger charge is -2.30. The van der Waals surface area contributed by atoms with Crippen molar-refractivity contribution in [1.29, 1.82) is 0 Å². The summed E-state index contributed by atoms with van der Waals surface area (Å²) in [6.45, 7) is 8.22. The molecule has 0 spiro atoms. The van der Waals surface area contributed by atoms with Gasteiger partial charge in [0, 0.05) is 30.7 Å². The summed E-state index contributed by atoms with van der Waals surface area (Å²) in [6, 6.07) is 8.34. The fourth-order valence-corrected chi connectivity index (χ4v) is 4.70. The normalized spacial score (nSPS) is 16.9. The molecule has 3 heterocycles. The highest BCUT2D eigenvalue weighted by Crippen LogP contribution is 2.27. The minimum atomic E-state index is -0.628. The molecule has 9 nitrogen and oxygen atoms in total. The SMILES string of the molecule is Cc1cn([C@H](C(=O)N2CCC[C@H]2C(=O)N/C(=C/O)c2ccc(-c3ccncc3C)cc2)C(C)C)nn1. The maximum Gasteiger partial charge on any atom is 0.248 e. The number of aromatic nitrogens is 4. The number of carbonyl (C=O) groups is 2. The van der Waals surface area contributed by atoms with Crippen LogP contribution in [0.5, 0.6) is 0 Å². The molecule has 2 amide bonds. The van der Waals surface area contributed by atoms with Gasteiger partial charge >= 0.3 is 0 Å². The average Bonchev–Trinajstić information content (AvgIpc) is 3.52. The van der Waals surface area contributed by atoms with Gasteiger partial charge in [-0.05, 0) is 55.4 Å². The Morgan fingerprint density at radius 2 is 1.92 bits per heavy atom. The number of aliphatic hydroxyl groups is 1. The predicted molar refractivity (Wildman–Crippen MR) is 137 cm³/mol. The molecule has 1 aromatic carbocycles. The molecule has 36 heavy (non-hydrogen) atoms. The monoisotopic (exact) mass is 488 g/mol. The van der Waals surface area contributed by atoms with E-state index in [0.717, 1.165) is 35.1 Å². The molecule has 0 saturated carbocycles. The van der Waals surface area contributed by atoms with Crippen molar-refractivity contribution >= 4 is 17.5 Å². The Kier molecular flexibility index (Phi) is 7.47. The first-order chi connectivity index (χ1) is 17.3. The van der Waals surface area contributed by atoms with Gasteiger partial charge in [0.25, 0.3) is 0 Å². The molecule has 1 saturated heterocycles. The fraction of sp³-hybridized carbons (Fsp3) is 0.370. The number of nitrogens with one attached hydrogen (secondary N) is 1. The van der Waals surface area contributed by atoms with E-state index in [4.69, 9.17) is 0 Å². The van der Waals surface area contributed by atoms with Crippen LogP contribution < -0.4 is 5.32 Å². The number of pyridine rings is 1. The summed E-state index contributed by atoms with van der Waals surface area (Å²) in [5, 5.41) is 20.9. The van der Waals surface area contributed by atoms with E-state index < -0.39 is 12.1 Å². The lowest BCUT2D eigenvalue weighted by molar-refractivity contribution is -0.142. The molecule has 2 atom stereocenters. The van der Waals surface area contributed by atoms with Gasteiger partial charge in [0.15, 0.2) is 0 Å². The predicted octanol–water partition coefficient (Wildman–Crippen LogP) is 3.82. The van der Waals surface area contributed by atoms with Crippen LogP contribution in [0.25, 0.3) is 16.8 Å². The number of benzene rings is 1. The number of amides is 2. The van der Waals surface area contributed by atoms with Gasteiger partial charge in [-0.3, -0.25) is 14.6 Å². The van der Waals surface area contributed by atoms with E-state index in [-0.39, 0.29) is 23.4 Å². The number of nitrogens with zero attached hydrogens (tertiary/aromatic N) is 5. The molecule has 9 heteroatoms. The van der Waals surface area contributed by atoms with Crippen LogP contribution in [-0.2, 0) is 9.59 Å². The second-order valence-corrected chi connectivity index (χ2v) is 9.52. The summed E-state index contributed by atoms with van der Waals surface area (Å²) < 4.78 is 1.58. The molecule has 0 bridgehead atoms. The number of hydrogen-bond donors (Lipinski definition) is 2. The zero-order chi connectivity index (χ0) is 25.8. The summed E-state index contributed by atoms with van der Waals surface area (Å²) >= 11 is 0. The highest BCUT2D eigenvalue weighted by molar-refractivity contribution is 5.94. The van der Waals surface area contributed by atoms with Crippen LogP contribution in [0.3, 0.4) is 0 Å². The second kappa shape index (κ2) is 10.7. The van der Waals surface area contributed by atoms with Crippen LogP contribution in [0.4, 0.5) is 0 Å². The van der Waals surface area contributed by atoms with Crippen LogP contribution in [0, 0.1) is 19.8 Å². The third kappa shape index (κ3) is 5.15. The smallest absolute Gasteiger partial charge is 0.248 e. The fourth-order valence-electron chi connectivity index (χ4n) is 4.70. The number of carbonyl (C=O) groups excluding carboxylic acids is 2. The highest BCUT2D eigenvalue weighted by Gasteiger charge is 2.39. The van der Waals surface area contributed by atoms with E-state index in [1.165, 1.54) is 0 Å². The van der Waals surface area contributed by atoms with Gasteiger partial charge in [-0.2, -0.15) is 0 Å². The van der Waals surface area contributed by atoms with Crippen molar-refractivity contribution in [3.63, 3.8) is 0 Å². The first kappa shape index (κ1) is 25.1. The minimum Gasteiger partial charge on any atom is -0.513 e. The number of rotatable bonds is 7. The van der Waals surface area contributed by atoms with E-state index in [0.29, 0.717) is 18.5 Å². The number of hydrogen-bond acceptors (Lipinski definition) is 6. The van der Waals surface area contributed by atoms with E-state index in [1.54, 1.807) is 22.0 Å². The van der Waals surface area contributed by atoms with Crippen LogP contribution in [0.2, 0.25) is 0 Å². The van der Waals surface area contributed by atoms with E-state index in [1.807, 2.05) is 64.2 Å². The quantitative estimate of drug-likeness (QED) is 0.489. The van der Waals surface area contributed by atoms with Crippen LogP contribution in [-0.4, -0.2) is 54.4 Å². The number of aryl methyl sites for hydroxylation is 2. The molecule has 3 aromatic rings. The third-order valence-electron chi connectivity index (χ3n) is 6.55. The molecule has 1 aliphatic heterocycles. The van der Waals surface area contributed by atoms with Crippen molar-refractivity contribution in [3.05, 3.63) is 72.0 Å². The number of aliphatic hydroxyl groups excluding tert-OH is 1. The first-order valence-corrected chi connectivity index (χ1v) is 12.2. The van der Waals surface area contributed by atoms with Crippen LogP contribution in [0.15, 0.2) is 55.2 Å². The molecule has 0 unspecified atom stereocenters. The summed E-state index contributed by atoms with van der Waals surface area (Å²) in [5.41, 5.74) is 4.81. The topological polar surface area (TPSA) is 113 Å². The van der Waals surface area contributed by atoms with Crippen molar-refractivity contribution in [2.75, 3.05) is 6.54 Å². The molecule has 1 fully saturated rings. The van der Waals surface area contributed by atoms with E-state index >= 15 is 0 Å². The summed E-state index contributed by atoms with van der Waals surface area (Å²) in [6.07, 6.45) is 7.47. The van der Waals surface area contributed by atoms with Crippen LogP contribution in [0.1, 0.15) is 49.6 Å². The van der Waals surface area contributed by atoms with Crippen molar-refractivity contribution in [1.82, 2.24) is 30.2 Å². The van der Waals surface area contributed by atoms with Gasteiger partial charge in [-0.1, -0.05) is 43.3 Å². The molecular formula is C27H32N6O3. The van der Waals surface area contributed by atoms with Crippen LogP contribution >= 0.6 is 0 Å². The molecule has 0 aliphatic carbocycles. The summed E-state index contributed by atoms with van der Waals surface area (Å²) in [5.74, 6) is -0.509. The zero-order valence-corrected chi connectivity index (χ0v) is 21.0. The second-order valence-electron chi connectivity index (χ2n) is 9.52. The average molecular weight is 489 g/mol. The maximum absolute atomic E-state index is 13.5. The van der Waals surface area contributed by atoms with E-state index in [9.17, 15) is 14.7 Å². The third-order valence-corrected chi connectivity index (χ3v) is 6.55. The molecule has 2 N–H and O–H groups in total. The Hall–Kier alpha value is -4.01. The van der Waals surface area contributed by atoms with Crippen molar-refractivity contribution < 1.29 is 14.7 Å².